The van der Waals surface area contributed by atoms with Crippen molar-refractivity contribution in [1.82, 2.24) is 25.0 Å². The van der Waals surface area contributed by atoms with Crippen LogP contribution in [-0.4, -0.2) is 106 Å². The summed E-state index contributed by atoms with van der Waals surface area (Å²) >= 11 is 1.47. The molecule has 0 spiro atoms. The van der Waals surface area contributed by atoms with Crippen molar-refractivity contribution in [2.75, 3.05) is 24.3 Å². The highest BCUT2D eigenvalue weighted by Gasteiger charge is 2.51. The topological polar surface area (TPSA) is 179 Å². The molecule has 2 saturated carbocycles. The zero-order valence-corrected chi connectivity index (χ0v) is 21.1. The van der Waals surface area contributed by atoms with Crippen molar-refractivity contribution in [3.8, 4) is 0 Å². The van der Waals surface area contributed by atoms with Crippen LogP contribution in [-0.2, 0) is 4.74 Å². The zero-order chi connectivity index (χ0) is 26.1. The van der Waals surface area contributed by atoms with E-state index in [9.17, 15) is 20.4 Å². The molecule has 2 fully saturated rings. The van der Waals surface area contributed by atoms with Crippen molar-refractivity contribution in [1.29, 1.82) is 0 Å². The number of thioether (sulfide) groups is 1. The Morgan fingerprint density at radius 1 is 1.05 bits per heavy atom. The number of fused-ring (bicyclic) bond motifs is 1. The van der Waals surface area contributed by atoms with Crippen LogP contribution in [0.3, 0.4) is 0 Å². The lowest BCUT2D eigenvalue weighted by molar-refractivity contribution is -0.216. The van der Waals surface area contributed by atoms with Gasteiger partial charge < -0.3 is 35.6 Å². The minimum Gasteiger partial charge on any atom is -0.394 e. The summed E-state index contributed by atoms with van der Waals surface area (Å²) in [5.74, 6) is 1.64. The highest BCUT2D eigenvalue weighted by molar-refractivity contribution is 7.99. The van der Waals surface area contributed by atoms with Crippen LogP contribution >= 0.6 is 11.8 Å². The Kier molecular flexibility index (Phi) is 7.91. The van der Waals surface area contributed by atoms with Gasteiger partial charge in [0.15, 0.2) is 22.1 Å². The number of nitrogens with zero attached hydrogens (tertiary/aromatic N) is 5. The van der Waals surface area contributed by atoms with Gasteiger partial charge in [-0.15, -0.1) is 5.10 Å². The number of ether oxygens (including phenoxy) is 1. The van der Waals surface area contributed by atoms with Crippen LogP contribution in [0.2, 0.25) is 0 Å². The van der Waals surface area contributed by atoms with E-state index in [-0.39, 0.29) is 24.9 Å². The van der Waals surface area contributed by atoms with E-state index >= 15 is 0 Å². The van der Waals surface area contributed by atoms with Gasteiger partial charge >= 0.3 is 0 Å². The first-order chi connectivity index (χ1) is 17.9. The summed E-state index contributed by atoms with van der Waals surface area (Å²) in [5, 5.41) is 64.5. The molecular weight excluding hydrogens is 500 g/mol. The first kappa shape index (κ1) is 26.2. The van der Waals surface area contributed by atoms with Gasteiger partial charge in [-0.05, 0) is 18.4 Å². The standard InChI is InChI=1S/C24H32N6O6S/c1-2-10-37-24-26-22(25-14-11-13(14)12-6-4-3-5-7-12)15-23(27-24)30(29-28-15)16-17(32)19(34)21(36-9-8-31)20(35)18(16)33/h3-7,13-14,16-21,31-35H,2,8-11H2,1H3,(H,25,26,27)/t13-,14+,16-,17-,18+,19-,20+,21+/m0/s1. The Morgan fingerprint density at radius 3 is 2.46 bits per heavy atom. The van der Waals surface area contributed by atoms with E-state index in [4.69, 9.17) is 9.84 Å². The molecule has 3 aromatic rings. The van der Waals surface area contributed by atoms with Gasteiger partial charge in [0.2, 0.25) is 0 Å². The molecule has 200 valence electrons. The fourth-order valence-electron chi connectivity index (χ4n) is 4.84. The molecule has 2 heterocycles. The first-order valence-electron chi connectivity index (χ1n) is 12.5. The van der Waals surface area contributed by atoms with Crippen molar-refractivity contribution in [3.05, 3.63) is 35.9 Å². The Bertz CT molecular complexity index is 1190. The average Bonchev–Trinajstić information content (AvgIpc) is 3.56. The van der Waals surface area contributed by atoms with Crippen molar-refractivity contribution < 1.29 is 30.3 Å². The van der Waals surface area contributed by atoms with Crippen LogP contribution < -0.4 is 5.32 Å². The average molecular weight is 533 g/mol. The molecule has 0 bridgehead atoms. The zero-order valence-electron chi connectivity index (χ0n) is 20.3. The second-order valence-electron chi connectivity index (χ2n) is 9.43. The third-order valence-electron chi connectivity index (χ3n) is 6.84. The number of anilines is 1. The number of hydrogen-bond donors (Lipinski definition) is 6. The Hall–Kier alpha value is -2.39. The van der Waals surface area contributed by atoms with E-state index in [1.165, 1.54) is 22.0 Å². The molecule has 2 aliphatic carbocycles. The van der Waals surface area contributed by atoms with Crippen LogP contribution in [0, 0.1) is 0 Å². The monoisotopic (exact) mass is 532 g/mol. The molecule has 8 atom stereocenters. The quantitative estimate of drug-likeness (QED) is 0.153. The molecule has 0 saturated heterocycles. The fraction of sp³-hybridized carbons (Fsp3) is 0.583. The van der Waals surface area contributed by atoms with Gasteiger partial charge in [-0.1, -0.05) is 54.2 Å². The number of rotatable bonds is 10. The molecule has 2 aliphatic rings. The maximum Gasteiger partial charge on any atom is 0.191 e. The number of aliphatic hydroxyl groups is 5. The molecule has 0 amide bonds. The molecule has 5 rings (SSSR count). The molecule has 2 aromatic heterocycles. The SMILES string of the molecule is CCCSc1nc(N[C@@H]2C[C@H]2c2ccccc2)c2nnn([C@H]3[C@H](O)[C@H](O)[C@@H](OCCO)[C@H](O)[C@@H]3O)c2n1. The van der Waals surface area contributed by atoms with Gasteiger partial charge in [0, 0.05) is 17.7 Å². The molecule has 0 unspecified atom stereocenters. The van der Waals surface area contributed by atoms with Gasteiger partial charge in [0.05, 0.1) is 13.2 Å². The largest absolute Gasteiger partial charge is 0.394 e. The highest BCUT2D eigenvalue weighted by atomic mass is 32.2. The lowest BCUT2D eigenvalue weighted by atomic mass is 9.83. The van der Waals surface area contributed by atoms with E-state index < -0.39 is 36.6 Å². The minimum absolute atomic E-state index is 0.161. The summed E-state index contributed by atoms with van der Waals surface area (Å²) in [4.78, 5) is 9.28. The van der Waals surface area contributed by atoms with Crippen LogP contribution in [0.15, 0.2) is 35.5 Å². The van der Waals surface area contributed by atoms with E-state index in [1.54, 1.807) is 0 Å². The predicted molar refractivity (Wildman–Crippen MR) is 135 cm³/mol. The molecule has 37 heavy (non-hydrogen) atoms. The summed E-state index contributed by atoms with van der Waals surface area (Å²) in [7, 11) is 0. The number of benzene rings is 1. The van der Waals surface area contributed by atoms with Gasteiger partial charge in [-0.3, -0.25) is 0 Å². The van der Waals surface area contributed by atoms with Gasteiger partial charge in [0.25, 0.3) is 0 Å². The Labute approximate surface area is 217 Å². The van der Waals surface area contributed by atoms with Crippen LogP contribution in [0.25, 0.3) is 11.2 Å². The van der Waals surface area contributed by atoms with Crippen molar-refractivity contribution in [3.63, 3.8) is 0 Å². The number of aliphatic hydroxyl groups excluding tert-OH is 5. The van der Waals surface area contributed by atoms with Crippen molar-refractivity contribution >= 4 is 28.7 Å². The smallest absolute Gasteiger partial charge is 0.191 e. The van der Waals surface area contributed by atoms with Gasteiger partial charge in [0.1, 0.15) is 36.6 Å². The van der Waals surface area contributed by atoms with E-state index in [2.05, 4.69) is 44.7 Å². The second-order valence-corrected chi connectivity index (χ2v) is 10.5. The molecule has 12 nitrogen and oxygen atoms in total. The van der Waals surface area contributed by atoms with Crippen LogP contribution in [0.4, 0.5) is 5.82 Å². The molecule has 0 radical (unpaired) electrons. The van der Waals surface area contributed by atoms with Gasteiger partial charge in [-0.2, -0.15) is 0 Å². The van der Waals surface area contributed by atoms with Crippen LogP contribution in [0.5, 0.6) is 0 Å². The van der Waals surface area contributed by atoms with Crippen molar-refractivity contribution in [2.24, 2.45) is 0 Å². The van der Waals surface area contributed by atoms with E-state index in [0.29, 0.717) is 22.4 Å². The maximum absolute atomic E-state index is 10.9. The molecule has 13 heteroatoms. The fourth-order valence-corrected chi connectivity index (χ4v) is 5.53. The summed E-state index contributed by atoms with van der Waals surface area (Å²) in [6.07, 6.45) is -5.60. The maximum atomic E-state index is 10.9. The Balaban J connectivity index is 1.47. The van der Waals surface area contributed by atoms with Crippen molar-refractivity contribution in [2.45, 2.75) is 73.4 Å². The lowest BCUT2D eigenvalue weighted by Gasteiger charge is -2.43. The predicted octanol–water partition coefficient (Wildman–Crippen LogP) is 0.0672. The molecule has 1 aromatic carbocycles. The van der Waals surface area contributed by atoms with E-state index in [0.717, 1.165) is 18.6 Å². The minimum atomic E-state index is -1.55. The Morgan fingerprint density at radius 2 is 1.78 bits per heavy atom. The lowest BCUT2D eigenvalue weighted by Crippen LogP contribution is -2.62. The summed E-state index contributed by atoms with van der Waals surface area (Å²) < 4.78 is 6.52. The third kappa shape index (κ3) is 5.17. The molecule has 6 N–H and O–H groups in total. The third-order valence-corrected chi connectivity index (χ3v) is 7.89. The van der Waals surface area contributed by atoms with E-state index in [1.807, 2.05) is 18.2 Å². The summed E-state index contributed by atoms with van der Waals surface area (Å²) in [5.41, 5.74) is 1.87. The summed E-state index contributed by atoms with van der Waals surface area (Å²) in [6, 6.07) is 9.13. The van der Waals surface area contributed by atoms with Gasteiger partial charge in [-0.25, -0.2) is 14.6 Å². The number of aromatic nitrogens is 5. The van der Waals surface area contributed by atoms with Crippen LogP contribution in [0.1, 0.15) is 37.3 Å². The highest BCUT2D eigenvalue weighted by Crippen LogP contribution is 2.43. The number of hydrogen-bond acceptors (Lipinski definition) is 12. The number of nitrogens with one attached hydrogen (secondary N) is 1. The normalized spacial score (nSPS) is 31.5. The molecular formula is C24H32N6O6S. The second kappa shape index (κ2) is 11.2. The first-order valence-corrected chi connectivity index (χ1v) is 13.4. The summed E-state index contributed by atoms with van der Waals surface area (Å²) in [6.45, 7) is 1.55. The molecule has 0 aliphatic heterocycles.